The molecule has 106 valence electrons. The fraction of sp³-hybridized carbons (Fsp3) is 0.500. The van der Waals surface area contributed by atoms with Crippen molar-refractivity contribution in [2.75, 3.05) is 7.11 Å². The molecule has 2 aromatic heterocycles. The average Bonchev–Trinajstić information content (AvgIpc) is 2.97. The number of carbonyl (C=O) groups is 1. The summed E-state index contributed by atoms with van der Waals surface area (Å²) in [6.07, 6.45) is 3.45. The summed E-state index contributed by atoms with van der Waals surface area (Å²) < 4.78 is 4.80. The van der Waals surface area contributed by atoms with Crippen LogP contribution in [0.15, 0.2) is 5.03 Å². The van der Waals surface area contributed by atoms with E-state index in [4.69, 9.17) is 4.74 Å². The molecule has 0 saturated heterocycles. The molecule has 1 aliphatic rings. The van der Waals surface area contributed by atoms with Crippen LogP contribution in [0.3, 0.4) is 0 Å². The van der Waals surface area contributed by atoms with Crippen LogP contribution in [0.1, 0.15) is 29.6 Å². The first-order valence-electron chi connectivity index (χ1n) is 6.63. The van der Waals surface area contributed by atoms with Crippen molar-refractivity contribution in [3.05, 3.63) is 16.3 Å². The van der Waals surface area contributed by atoms with E-state index in [1.54, 1.807) is 11.3 Å². The number of esters is 1. The summed E-state index contributed by atoms with van der Waals surface area (Å²) in [5, 5.41) is 1.83. The van der Waals surface area contributed by atoms with Crippen molar-refractivity contribution in [3.8, 4) is 0 Å². The maximum Gasteiger partial charge on any atom is 0.318 e. The molecule has 1 unspecified atom stereocenters. The number of hydrogen-bond donors (Lipinski definition) is 0. The number of aryl methyl sites for hydroxylation is 3. The Balaban J connectivity index is 2.07. The zero-order chi connectivity index (χ0) is 14.3. The van der Waals surface area contributed by atoms with Gasteiger partial charge in [0.15, 0.2) is 0 Å². The van der Waals surface area contributed by atoms with Gasteiger partial charge in [-0.2, -0.15) is 0 Å². The lowest BCUT2D eigenvalue weighted by Crippen LogP contribution is -2.15. The molecule has 4 nitrogen and oxygen atoms in total. The number of thioether (sulfide) groups is 1. The van der Waals surface area contributed by atoms with Crippen LogP contribution in [0.25, 0.3) is 10.2 Å². The van der Waals surface area contributed by atoms with Crippen LogP contribution in [0, 0.1) is 6.92 Å². The second kappa shape index (κ2) is 5.33. The van der Waals surface area contributed by atoms with Gasteiger partial charge in [0, 0.05) is 10.3 Å². The lowest BCUT2D eigenvalue weighted by Gasteiger charge is -2.10. The van der Waals surface area contributed by atoms with E-state index in [1.165, 1.54) is 35.7 Å². The van der Waals surface area contributed by atoms with E-state index in [1.807, 2.05) is 13.8 Å². The van der Waals surface area contributed by atoms with Gasteiger partial charge in [0.25, 0.3) is 0 Å². The van der Waals surface area contributed by atoms with Crippen molar-refractivity contribution in [1.29, 1.82) is 0 Å². The normalized spacial score (nSPS) is 15.3. The number of ether oxygens (including phenoxy) is 1. The summed E-state index contributed by atoms with van der Waals surface area (Å²) in [7, 11) is 1.42. The summed E-state index contributed by atoms with van der Waals surface area (Å²) in [5.41, 5.74) is 1.39. The van der Waals surface area contributed by atoms with Crippen LogP contribution >= 0.6 is 23.1 Å². The molecule has 0 fully saturated rings. The molecule has 3 rings (SSSR count). The third-order valence-electron chi connectivity index (χ3n) is 3.46. The molecule has 1 atom stereocenters. The third-order valence-corrected chi connectivity index (χ3v) is 5.72. The smallest absolute Gasteiger partial charge is 0.318 e. The number of hydrogen-bond acceptors (Lipinski definition) is 6. The maximum absolute atomic E-state index is 11.6. The van der Waals surface area contributed by atoms with Gasteiger partial charge in [-0.05, 0) is 38.7 Å². The Morgan fingerprint density at radius 1 is 1.40 bits per heavy atom. The molecule has 0 saturated carbocycles. The van der Waals surface area contributed by atoms with Crippen LogP contribution in [0.5, 0.6) is 0 Å². The molecule has 6 heteroatoms. The van der Waals surface area contributed by atoms with E-state index in [0.29, 0.717) is 0 Å². The number of rotatable bonds is 3. The Labute approximate surface area is 126 Å². The SMILES string of the molecule is COC(=O)C(C)Sc1nc(C)nc2sc3c(c12)CCC3. The zero-order valence-corrected chi connectivity index (χ0v) is 13.4. The number of carbonyl (C=O) groups excluding carboxylic acids is 1. The molecular formula is C14H16N2O2S2. The van der Waals surface area contributed by atoms with Crippen LogP contribution in [0.2, 0.25) is 0 Å². The molecule has 0 N–H and O–H groups in total. The summed E-state index contributed by atoms with van der Waals surface area (Å²) in [5.74, 6) is 0.545. The maximum atomic E-state index is 11.6. The minimum absolute atomic E-state index is 0.216. The minimum Gasteiger partial charge on any atom is -0.468 e. The van der Waals surface area contributed by atoms with E-state index in [0.717, 1.165) is 33.9 Å². The number of aromatic nitrogens is 2. The second-order valence-electron chi connectivity index (χ2n) is 4.90. The number of fused-ring (bicyclic) bond motifs is 3. The molecular weight excluding hydrogens is 292 g/mol. The first-order chi connectivity index (χ1) is 9.60. The van der Waals surface area contributed by atoms with Gasteiger partial charge in [0.2, 0.25) is 0 Å². The van der Waals surface area contributed by atoms with Crippen molar-refractivity contribution >= 4 is 39.3 Å². The molecule has 0 radical (unpaired) electrons. The molecule has 0 amide bonds. The molecule has 2 aromatic rings. The first-order valence-corrected chi connectivity index (χ1v) is 8.33. The quantitative estimate of drug-likeness (QED) is 0.495. The van der Waals surface area contributed by atoms with E-state index < -0.39 is 0 Å². The lowest BCUT2D eigenvalue weighted by atomic mass is 10.2. The fourth-order valence-electron chi connectivity index (χ4n) is 2.53. The molecule has 2 heterocycles. The predicted octanol–water partition coefficient (Wildman–Crippen LogP) is 3.14. The van der Waals surface area contributed by atoms with E-state index in [9.17, 15) is 4.79 Å². The van der Waals surface area contributed by atoms with Crippen molar-refractivity contribution in [2.24, 2.45) is 0 Å². The Bertz CT molecular complexity index is 681. The number of methoxy groups -OCH3 is 1. The highest BCUT2D eigenvalue weighted by atomic mass is 32.2. The third kappa shape index (κ3) is 2.31. The average molecular weight is 308 g/mol. The highest BCUT2D eigenvalue weighted by Crippen LogP contribution is 2.41. The molecule has 20 heavy (non-hydrogen) atoms. The van der Waals surface area contributed by atoms with Gasteiger partial charge in [-0.3, -0.25) is 4.79 Å². The monoisotopic (exact) mass is 308 g/mol. The van der Waals surface area contributed by atoms with Crippen LogP contribution in [-0.4, -0.2) is 28.3 Å². The standard InChI is InChI=1S/C14H16N2O2S2/c1-7(14(17)18-3)19-12-11-9-5-4-6-10(9)20-13(11)16-8(2)15-12/h7H,4-6H2,1-3H3. The van der Waals surface area contributed by atoms with Gasteiger partial charge in [-0.1, -0.05) is 11.8 Å². The largest absolute Gasteiger partial charge is 0.468 e. The van der Waals surface area contributed by atoms with E-state index in [2.05, 4.69) is 9.97 Å². The number of nitrogens with zero attached hydrogens (tertiary/aromatic N) is 2. The predicted molar refractivity (Wildman–Crippen MR) is 81.5 cm³/mol. The second-order valence-corrected chi connectivity index (χ2v) is 7.31. The molecule has 0 aliphatic heterocycles. The lowest BCUT2D eigenvalue weighted by molar-refractivity contribution is -0.139. The minimum atomic E-state index is -0.255. The van der Waals surface area contributed by atoms with Gasteiger partial charge in [0.05, 0.1) is 7.11 Å². The molecule has 0 aromatic carbocycles. The van der Waals surface area contributed by atoms with Crippen LogP contribution < -0.4 is 0 Å². The topological polar surface area (TPSA) is 52.1 Å². The summed E-state index contributed by atoms with van der Waals surface area (Å²) in [6, 6.07) is 0. The Morgan fingerprint density at radius 3 is 2.95 bits per heavy atom. The molecule has 0 bridgehead atoms. The Morgan fingerprint density at radius 2 is 2.20 bits per heavy atom. The van der Waals surface area contributed by atoms with Gasteiger partial charge in [-0.15, -0.1) is 11.3 Å². The van der Waals surface area contributed by atoms with Gasteiger partial charge in [-0.25, -0.2) is 9.97 Å². The first kappa shape index (κ1) is 13.8. The highest BCUT2D eigenvalue weighted by molar-refractivity contribution is 8.00. The van der Waals surface area contributed by atoms with Crippen molar-refractivity contribution in [1.82, 2.24) is 9.97 Å². The fourth-order valence-corrected chi connectivity index (χ4v) is 4.95. The Hall–Kier alpha value is -1.14. The molecule has 0 spiro atoms. The Kier molecular flexibility index (Phi) is 3.69. The highest BCUT2D eigenvalue weighted by Gasteiger charge is 2.24. The number of thiophene rings is 1. The molecule has 1 aliphatic carbocycles. The van der Waals surface area contributed by atoms with Gasteiger partial charge in [0.1, 0.15) is 20.9 Å². The van der Waals surface area contributed by atoms with Crippen LogP contribution in [0.4, 0.5) is 0 Å². The van der Waals surface area contributed by atoms with Crippen LogP contribution in [-0.2, 0) is 22.4 Å². The van der Waals surface area contributed by atoms with Gasteiger partial charge >= 0.3 is 5.97 Å². The van der Waals surface area contributed by atoms with E-state index in [-0.39, 0.29) is 11.2 Å². The van der Waals surface area contributed by atoms with Crippen molar-refractivity contribution < 1.29 is 9.53 Å². The van der Waals surface area contributed by atoms with Crippen molar-refractivity contribution in [2.45, 2.75) is 43.4 Å². The summed E-state index contributed by atoms with van der Waals surface area (Å²) in [6.45, 7) is 3.75. The summed E-state index contributed by atoms with van der Waals surface area (Å²) >= 11 is 3.25. The van der Waals surface area contributed by atoms with Crippen molar-refractivity contribution in [3.63, 3.8) is 0 Å². The van der Waals surface area contributed by atoms with E-state index >= 15 is 0 Å². The zero-order valence-electron chi connectivity index (χ0n) is 11.7. The van der Waals surface area contributed by atoms with Gasteiger partial charge < -0.3 is 4.74 Å². The summed E-state index contributed by atoms with van der Waals surface area (Å²) in [4.78, 5) is 23.2.